The summed E-state index contributed by atoms with van der Waals surface area (Å²) in [5, 5.41) is 11.0. The number of carbonyl (C=O) groups excluding carboxylic acids is 7. The lowest BCUT2D eigenvalue weighted by atomic mass is 9.85. The number of ketones is 1. The quantitative estimate of drug-likeness (QED) is 0.116. The van der Waals surface area contributed by atoms with Crippen LogP contribution < -0.4 is 21.3 Å². The van der Waals surface area contributed by atoms with Crippen molar-refractivity contribution in [3.05, 3.63) is 12.7 Å². The van der Waals surface area contributed by atoms with Crippen LogP contribution in [-0.4, -0.2) is 95.0 Å². The number of nitrogens with zero attached hydrogens (tertiary/aromatic N) is 2. The van der Waals surface area contributed by atoms with Gasteiger partial charge < -0.3 is 26.2 Å². The molecule has 0 aromatic rings. The summed E-state index contributed by atoms with van der Waals surface area (Å²) in [7, 11) is 0. The van der Waals surface area contributed by atoms with Crippen LogP contribution >= 0.6 is 0 Å². The van der Waals surface area contributed by atoms with Gasteiger partial charge in [0.1, 0.15) is 12.1 Å². The summed E-state index contributed by atoms with van der Waals surface area (Å²) in [6.45, 7) is 21.0. The molecule has 1 unspecified atom stereocenters. The van der Waals surface area contributed by atoms with E-state index in [0.717, 1.165) is 6.42 Å². The fourth-order valence-corrected chi connectivity index (χ4v) is 6.07. The largest absolute Gasteiger partial charge is 0.346 e. The van der Waals surface area contributed by atoms with Gasteiger partial charge >= 0.3 is 6.03 Å². The number of imide groups is 1. The summed E-state index contributed by atoms with van der Waals surface area (Å²) < 4.78 is 0. The molecule has 0 aromatic heterocycles. The van der Waals surface area contributed by atoms with Crippen molar-refractivity contribution >= 4 is 41.4 Å². The Balaban J connectivity index is 2.33. The zero-order valence-electron chi connectivity index (χ0n) is 31.1. The molecule has 7 amide bonds. The first-order valence-corrected chi connectivity index (χ1v) is 17.7. The lowest BCUT2D eigenvalue weighted by molar-refractivity contribution is -0.148. The van der Waals surface area contributed by atoms with E-state index >= 15 is 0 Å². The van der Waals surface area contributed by atoms with Crippen molar-refractivity contribution < 1.29 is 33.6 Å². The smallest absolute Gasteiger partial charge is 0.315 e. The fraction of sp³-hybridized carbons (Fsp3) is 0.750. The van der Waals surface area contributed by atoms with Gasteiger partial charge in [0, 0.05) is 32.5 Å². The van der Waals surface area contributed by atoms with Gasteiger partial charge in [0.05, 0.1) is 12.1 Å². The number of Topliss-reactive ketones (excluding diaryl/α,β-unsaturated/α-hetero) is 1. The van der Waals surface area contributed by atoms with E-state index in [2.05, 4.69) is 27.8 Å². The van der Waals surface area contributed by atoms with Gasteiger partial charge in [0.2, 0.25) is 29.4 Å². The third-order valence-electron chi connectivity index (χ3n) is 9.46. The maximum atomic E-state index is 14.4. The van der Waals surface area contributed by atoms with Crippen LogP contribution in [0.2, 0.25) is 0 Å². The molecule has 0 saturated carbocycles. The van der Waals surface area contributed by atoms with E-state index in [1.807, 2.05) is 62.3 Å². The SMILES string of the molecule is C=CCNC(=O)C(=O)C(CCCC)NC(=O)[C@@H]1C[C@@H](C(C)C)CN1C(=O)[C@@H](NC(=O)N[C@H](CN1C(=O)CCCC1=O)C(C)(C)C)C(C)(C)C. The topological polar surface area (TPSA) is 174 Å². The monoisotopic (exact) mass is 688 g/mol. The molecule has 0 aliphatic carbocycles. The second kappa shape index (κ2) is 17.8. The molecular formula is C36H60N6O7. The van der Waals surface area contributed by atoms with Crippen molar-refractivity contribution in [1.29, 1.82) is 0 Å². The van der Waals surface area contributed by atoms with Gasteiger partial charge in [-0.2, -0.15) is 0 Å². The molecule has 2 aliphatic rings. The number of piperidine rings is 1. The molecule has 2 saturated heterocycles. The minimum absolute atomic E-state index is 0.0106. The molecular weight excluding hydrogens is 628 g/mol. The average molecular weight is 689 g/mol. The van der Waals surface area contributed by atoms with E-state index in [1.54, 1.807) is 0 Å². The van der Waals surface area contributed by atoms with Crippen LogP contribution in [0.3, 0.4) is 0 Å². The lowest BCUT2D eigenvalue weighted by Crippen LogP contribution is -2.62. The van der Waals surface area contributed by atoms with Crippen molar-refractivity contribution in [2.45, 2.75) is 131 Å². The molecule has 2 aliphatic heterocycles. The molecule has 49 heavy (non-hydrogen) atoms. The Morgan fingerprint density at radius 1 is 0.939 bits per heavy atom. The average Bonchev–Trinajstić information content (AvgIpc) is 3.46. The first-order valence-electron chi connectivity index (χ1n) is 17.7. The van der Waals surface area contributed by atoms with Gasteiger partial charge in [-0.1, -0.05) is 81.2 Å². The second-order valence-electron chi connectivity index (χ2n) is 15.9. The zero-order chi connectivity index (χ0) is 37.3. The standard InChI is InChI=1S/C36H60N6O7/c1-11-13-15-24(29(45)32(47)37-18-12-2)38-31(46)25-19-23(22(3)4)20-41(25)33(48)30(36(8,9)10)40-34(49)39-26(35(5,6)7)21-42-27(43)16-14-17-28(42)44/h12,22-26,30H,2,11,13-21H2,1,3-10H3,(H,37,47)(H,38,46)(H2,39,40,49)/t23-,24?,25+,26-,30-/m1/s1. The minimum atomic E-state index is -1.05. The molecule has 276 valence electrons. The van der Waals surface area contributed by atoms with Crippen LogP contribution in [0.25, 0.3) is 0 Å². The van der Waals surface area contributed by atoms with Crippen LogP contribution in [0.15, 0.2) is 12.7 Å². The Morgan fingerprint density at radius 2 is 1.55 bits per heavy atom. The van der Waals surface area contributed by atoms with Gasteiger partial charge in [-0.05, 0) is 41.9 Å². The number of urea groups is 1. The van der Waals surface area contributed by atoms with E-state index in [-0.39, 0.29) is 62.5 Å². The third-order valence-corrected chi connectivity index (χ3v) is 9.46. The maximum Gasteiger partial charge on any atom is 0.315 e. The Kier molecular flexibility index (Phi) is 15.0. The van der Waals surface area contributed by atoms with Gasteiger partial charge in [0.25, 0.3) is 5.91 Å². The summed E-state index contributed by atoms with van der Waals surface area (Å²) in [5.41, 5.74) is -1.31. The number of amides is 7. The predicted molar refractivity (Wildman–Crippen MR) is 187 cm³/mol. The van der Waals surface area contributed by atoms with E-state index in [1.165, 1.54) is 15.9 Å². The van der Waals surface area contributed by atoms with Crippen LogP contribution in [0.4, 0.5) is 4.79 Å². The van der Waals surface area contributed by atoms with Crippen LogP contribution in [-0.2, 0) is 28.8 Å². The van der Waals surface area contributed by atoms with E-state index in [9.17, 15) is 33.6 Å². The van der Waals surface area contributed by atoms with Crippen molar-refractivity contribution in [3.63, 3.8) is 0 Å². The summed E-state index contributed by atoms with van der Waals surface area (Å²) in [6.07, 6.45) is 4.49. The number of carbonyl (C=O) groups is 7. The molecule has 13 heteroatoms. The molecule has 4 N–H and O–H groups in total. The number of hydrogen-bond donors (Lipinski definition) is 4. The van der Waals surface area contributed by atoms with Gasteiger partial charge in [0.15, 0.2) is 0 Å². The summed E-state index contributed by atoms with van der Waals surface area (Å²) in [6, 6.07) is -4.26. The predicted octanol–water partition coefficient (Wildman–Crippen LogP) is 3.07. The zero-order valence-corrected chi connectivity index (χ0v) is 31.1. The lowest BCUT2D eigenvalue weighted by Gasteiger charge is -2.38. The van der Waals surface area contributed by atoms with Crippen molar-refractivity contribution in [2.75, 3.05) is 19.6 Å². The fourth-order valence-electron chi connectivity index (χ4n) is 6.07. The summed E-state index contributed by atoms with van der Waals surface area (Å²) in [5.74, 6) is -2.96. The number of hydrogen-bond acceptors (Lipinski definition) is 7. The second-order valence-corrected chi connectivity index (χ2v) is 15.9. The first kappa shape index (κ1) is 41.4. The number of likely N-dealkylation sites (tertiary alicyclic amines) is 2. The highest BCUT2D eigenvalue weighted by Gasteiger charge is 2.46. The van der Waals surface area contributed by atoms with E-state index in [4.69, 9.17) is 0 Å². The van der Waals surface area contributed by atoms with Gasteiger partial charge in [-0.15, -0.1) is 6.58 Å². The van der Waals surface area contributed by atoms with Gasteiger partial charge in [-0.25, -0.2) is 4.79 Å². The van der Waals surface area contributed by atoms with Crippen molar-refractivity contribution in [1.82, 2.24) is 31.1 Å². The first-order chi connectivity index (χ1) is 22.7. The number of rotatable bonds is 15. The molecule has 2 fully saturated rings. The Bertz CT molecular complexity index is 1240. The molecule has 13 nitrogen and oxygen atoms in total. The summed E-state index contributed by atoms with van der Waals surface area (Å²) in [4.78, 5) is 95.1. The Hall–Kier alpha value is -3.77. The van der Waals surface area contributed by atoms with Gasteiger partial charge in [-0.3, -0.25) is 33.7 Å². The molecule has 0 bridgehead atoms. The van der Waals surface area contributed by atoms with E-state index in [0.29, 0.717) is 19.3 Å². The summed E-state index contributed by atoms with van der Waals surface area (Å²) >= 11 is 0. The number of unbranched alkanes of at least 4 members (excludes halogenated alkanes) is 1. The molecule has 2 rings (SSSR count). The molecule has 2 heterocycles. The number of nitrogens with one attached hydrogen (secondary N) is 4. The molecule has 0 spiro atoms. The Morgan fingerprint density at radius 3 is 2.06 bits per heavy atom. The van der Waals surface area contributed by atoms with Crippen LogP contribution in [0.1, 0.15) is 107 Å². The normalized spacial score (nSPS) is 20.4. The molecule has 0 aromatic carbocycles. The molecule has 5 atom stereocenters. The third kappa shape index (κ3) is 11.7. The highest BCUT2D eigenvalue weighted by atomic mass is 16.2. The highest BCUT2D eigenvalue weighted by molar-refractivity contribution is 6.38. The highest BCUT2D eigenvalue weighted by Crippen LogP contribution is 2.32. The minimum Gasteiger partial charge on any atom is -0.346 e. The Labute approximate surface area is 292 Å². The van der Waals surface area contributed by atoms with Crippen molar-refractivity contribution in [2.24, 2.45) is 22.7 Å². The molecule has 0 radical (unpaired) electrons. The van der Waals surface area contributed by atoms with Crippen LogP contribution in [0, 0.1) is 22.7 Å². The van der Waals surface area contributed by atoms with E-state index < -0.39 is 64.5 Å². The van der Waals surface area contributed by atoms with Crippen molar-refractivity contribution in [3.8, 4) is 0 Å². The van der Waals surface area contributed by atoms with Crippen LogP contribution in [0.5, 0.6) is 0 Å². The maximum absolute atomic E-state index is 14.4.